The smallest absolute Gasteiger partial charge is 0.350 e. The lowest BCUT2D eigenvalue weighted by Gasteiger charge is -2.73. The fourth-order valence-electron chi connectivity index (χ4n) is 12.2. The van der Waals surface area contributed by atoms with Crippen LogP contribution in [0.4, 0.5) is 0 Å². The van der Waals surface area contributed by atoms with Gasteiger partial charge in [0, 0.05) is 24.7 Å². The van der Waals surface area contributed by atoms with Gasteiger partial charge in [-0.3, -0.25) is 9.59 Å². The third-order valence-corrected chi connectivity index (χ3v) is 15.4. The van der Waals surface area contributed by atoms with Gasteiger partial charge in [-0.05, 0) is 85.9 Å². The molecule has 4 saturated carbocycles. The summed E-state index contributed by atoms with van der Waals surface area (Å²) in [6.07, 6.45) is 0.773. The Hall–Kier alpha value is -2.01. The standard InChI is InChI=1S/C39H62O10/c1-12-37(10,49-22(3)41)32(46)48-31-30(45)39(20-47-21(2)40)24(19-33(31,4)5)23-13-14-26-35(8)17-16-27(42)34(6,7)25(35)15-18-36(26,9)38(23,11)28(43)29(39)44/h13,24-31,42-45H,12,14-20H2,1-11H3/t24-,25-,26+,27?,28?,29?,30?,31?,35-,36+,37?,38-,39-/m0/s1. The molecule has 0 heterocycles. The number of aliphatic hydroxyl groups excluding tert-OH is 4. The van der Waals surface area contributed by atoms with E-state index in [1.54, 1.807) is 6.92 Å². The van der Waals surface area contributed by atoms with Crippen LogP contribution in [0.5, 0.6) is 0 Å². The van der Waals surface area contributed by atoms with Gasteiger partial charge in [0.2, 0.25) is 5.60 Å². The first-order valence-electron chi connectivity index (χ1n) is 18.4. The number of ether oxygens (including phenoxy) is 3. The Kier molecular flexibility index (Phi) is 9.38. The predicted octanol–water partition coefficient (Wildman–Crippen LogP) is 4.88. The largest absolute Gasteiger partial charge is 0.465 e. The van der Waals surface area contributed by atoms with Crippen molar-refractivity contribution in [3.63, 3.8) is 0 Å². The highest BCUT2D eigenvalue weighted by Gasteiger charge is 2.75. The summed E-state index contributed by atoms with van der Waals surface area (Å²) in [6.45, 7) is 20.1. The number of allylic oxidation sites excluding steroid dienone is 1. The first kappa shape index (κ1) is 38.2. The lowest BCUT2D eigenvalue weighted by molar-refractivity contribution is -0.292. The van der Waals surface area contributed by atoms with E-state index in [1.807, 2.05) is 13.8 Å². The van der Waals surface area contributed by atoms with Gasteiger partial charge in [0.15, 0.2) is 0 Å². The topological polar surface area (TPSA) is 160 Å². The second kappa shape index (κ2) is 12.0. The van der Waals surface area contributed by atoms with Crippen LogP contribution < -0.4 is 0 Å². The van der Waals surface area contributed by atoms with Crippen molar-refractivity contribution in [1.29, 1.82) is 0 Å². The zero-order valence-corrected chi connectivity index (χ0v) is 31.6. The molecule has 0 amide bonds. The van der Waals surface area contributed by atoms with E-state index in [0.29, 0.717) is 18.8 Å². The molecule has 0 aromatic carbocycles. The molecule has 0 radical (unpaired) electrons. The van der Waals surface area contributed by atoms with Crippen molar-refractivity contribution in [2.24, 2.45) is 50.2 Å². The summed E-state index contributed by atoms with van der Waals surface area (Å²) in [5, 5.41) is 48.6. The lowest BCUT2D eigenvalue weighted by Crippen LogP contribution is -2.76. The Morgan fingerprint density at radius 3 is 2.08 bits per heavy atom. The summed E-state index contributed by atoms with van der Waals surface area (Å²) in [5.74, 6) is -2.12. The van der Waals surface area contributed by atoms with E-state index in [9.17, 15) is 34.8 Å². The number of fused-ring (bicyclic) bond motifs is 7. The van der Waals surface area contributed by atoms with E-state index in [1.165, 1.54) is 20.8 Å². The molecule has 5 aliphatic rings. The number of hydrogen-bond acceptors (Lipinski definition) is 10. The average Bonchev–Trinajstić information content (AvgIpc) is 2.99. The van der Waals surface area contributed by atoms with Gasteiger partial charge >= 0.3 is 17.9 Å². The molecule has 0 spiro atoms. The van der Waals surface area contributed by atoms with Crippen LogP contribution in [0.2, 0.25) is 0 Å². The molecule has 6 unspecified atom stereocenters. The van der Waals surface area contributed by atoms with Crippen molar-refractivity contribution < 1.29 is 49.0 Å². The number of aliphatic hydroxyl groups is 4. The molecule has 10 nitrogen and oxygen atoms in total. The van der Waals surface area contributed by atoms with Crippen molar-refractivity contribution in [3.05, 3.63) is 11.6 Å². The lowest BCUT2D eigenvalue weighted by atomic mass is 9.32. The van der Waals surface area contributed by atoms with Gasteiger partial charge in [-0.2, -0.15) is 0 Å². The van der Waals surface area contributed by atoms with E-state index in [4.69, 9.17) is 14.2 Å². The van der Waals surface area contributed by atoms with E-state index in [0.717, 1.165) is 31.3 Å². The minimum absolute atomic E-state index is 0.101. The van der Waals surface area contributed by atoms with E-state index >= 15 is 0 Å². The highest BCUT2D eigenvalue weighted by Crippen LogP contribution is 2.75. The molecule has 0 aromatic heterocycles. The number of hydrogen-bond donors (Lipinski definition) is 4. The van der Waals surface area contributed by atoms with Gasteiger partial charge in [0.25, 0.3) is 0 Å². The second-order valence-electron chi connectivity index (χ2n) is 18.5. The molecular formula is C39H62O10. The second-order valence-corrected chi connectivity index (χ2v) is 18.5. The fraction of sp³-hybridized carbons (Fsp3) is 0.872. The molecule has 4 N–H and O–H groups in total. The Morgan fingerprint density at radius 1 is 0.878 bits per heavy atom. The van der Waals surface area contributed by atoms with Crippen LogP contribution in [0.1, 0.15) is 121 Å². The molecule has 0 aromatic rings. The van der Waals surface area contributed by atoms with Gasteiger partial charge in [-0.25, -0.2) is 4.79 Å². The van der Waals surface area contributed by atoms with Gasteiger partial charge in [0.1, 0.15) is 18.8 Å². The molecule has 10 heteroatoms. The van der Waals surface area contributed by atoms with Gasteiger partial charge in [-0.15, -0.1) is 0 Å². The summed E-state index contributed by atoms with van der Waals surface area (Å²) in [7, 11) is 0. The molecular weight excluding hydrogens is 628 g/mol. The highest BCUT2D eigenvalue weighted by atomic mass is 16.6. The van der Waals surface area contributed by atoms with Crippen LogP contribution >= 0.6 is 0 Å². The van der Waals surface area contributed by atoms with Crippen molar-refractivity contribution in [3.8, 4) is 0 Å². The number of carbonyl (C=O) groups excluding carboxylic acids is 3. The van der Waals surface area contributed by atoms with Gasteiger partial charge < -0.3 is 34.6 Å². The Morgan fingerprint density at radius 2 is 1.51 bits per heavy atom. The first-order chi connectivity index (χ1) is 22.4. The fourth-order valence-corrected chi connectivity index (χ4v) is 12.2. The SMILES string of the molecule is CCC(C)(OC(C)=O)C(=O)OC1C(O)[C@]2(COC(C)=O)C(O)C(O)[C@]3(C)C(=CC[C@@H]4[C@@]5(C)CCC(O)C(C)(C)[C@@H]5CC[C@]43C)[C@@H]2CC1(C)C. The van der Waals surface area contributed by atoms with Crippen LogP contribution in [0.15, 0.2) is 11.6 Å². The van der Waals surface area contributed by atoms with Gasteiger partial charge in [0.05, 0.1) is 23.7 Å². The van der Waals surface area contributed by atoms with Crippen LogP contribution in [0, 0.1) is 50.2 Å². The van der Waals surface area contributed by atoms with Crippen molar-refractivity contribution in [2.45, 2.75) is 157 Å². The first-order valence-corrected chi connectivity index (χ1v) is 18.4. The molecule has 5 rings (SSSR count). The highest BCUT2D eigenvalue weighted by molar-refractivity contribution is 5.82. The maximum absolute atomic E-state index is 13.7. The van der Waals surface area contributed by atoms with Crippen LogP contribution in [0.25, 0.3) is 0 Å². The van der Waals surface area contributed by atoms with Crippen molar-refractivity contribution >= 4 is 17.9 Å². The summed E-state index contributed by atoms with van der Waals surface area (Å²) in [6, 6.07) is 0. The summed E-state index contributed by atoms with van der Waals surface area (Å²) < 4.78 is 17.1. The third kappa shape index (κ3) is 5.19. The molecule has 278 valence electrons. The molecule has 5 aliphatic carbocycles. The molecule has 13 atom stereocenters. The zero-order valence-electron chi connectivity index (χ0n) is 31.6. The predicted molar refractivity (Wildman–Crippen MR) is 182 cm³/mol. The van der Waals surface area contributed by atoms with Crippen LogP contribution in [-0.2, 0) is 28.6 Å². The molecule has 49 heavy (non-hydrogen) atoms. The van der Waals surface area contributed by atoms with Crippen LogP contribution in [-0.4, -0.2) is 81.1 Å². The summed E-state index contributed by atoms with van der Waals surface area (Å²) >= 11 is 0. The monoisotopic (exact) mass is 690 g/mol. The average molecular weight is 691 g/mol. The van der Waals surface area contributed by atoms with Crippen molar-refractivity contribution in [2.75, 3.05) is 6.61 Å². The Bertz CT molecular complexity index is 1390. The minimum Gasteiger partial charge on any atom is -0.465 e. The van der Waals surface area contributed by atoms with Crippen molar-refractivity contribution in [1.82, 2.24) is 0 Å². The van der Waals surface area contributed by atoms with E-state index < -0.39 is 75.5 Å². The normalized spacial score (nSPS) is 46.3. The molecule has 4 fully saturated rings. The number of carbonyl (C=O) groups is 3. The minimum atomic E-state index is -1.60. The summed E-state index contributed by atoms with van der Waals surface area (Å²) in [4.78, 5) is 37.9. The van der Waals surface area contributed by atoms with Crippen LogP contribution in [0.3, 0.4) is 0 Å². The maximum Gasteiger partial charge on any atom is 0.350 e. The molecule has 0 bridgehead atoms. The van der Waals surface area contributed by atoms with Gasteiger partial charge in [-0.1, -0.05) is 67.0 Å². The number of rotatable bonds is 6. The maximum atomic E-state index is 13.7. The number of esters is 3. The van der Waals surface area contributed by atoms with E-state index in [2.05, 4.69) is 40.7 Å². The Labute approximate surface area is 292 Å². The van der Waals surface area contributed by atoms with E-state index in [-0.39, 0.29) is 35.9 Å². The Balaban J connectivity index is 1.63. The molecule has 0 saturated heterocycles. The quantitative estimate of drug-likeness (QED) is 0.172. The third-order valence-electron chi connectivity index (χ3n) is 15.4. The molecule has 0 aliphatic heterocycles. The zero-order chi connectivity index (χ0) is 36.9. The summed E-state index contributed by atoms with van der Waals surface area (Å²) in [5.41, 5.74) is -4.75.